The van der Waals surface area contributed by atoms with Crippen LogP contribution < -0.4 is 4.74 Å². The summed E-state index contributed by atoms with van der Waals surface area (Å²) in [6.45, 7) is 6.88. The largest absolute Gasteiger partial charge is 0.492 e. The van der Waals surface area contributed by atoms with Crippen LogP contribution in [0.25, 0.3) is 0 Å². The van der Waals surface area contributed by atoms with E-state index >= 15 is 0 Å². The summed E-state index contributed by atoms with van der Waals surface area (Å²) in [6, 6.07) is 10.2. The van der Waals surface area contributed by atoms with Crippen LogP contribution in [0.1, 0.15) is 25.8 Å². The monoisotopic (exact) mass is 276 g/mol. The van der Waals surface area contributed by atoms with Crippen LogP contribution in [0, 0.1) is 11.3 Å². The van der Waals surface area contributed by atoms with E-state index in [0.29, 0.717) is 19.1 Å². The van der Waals surface area contributed by atoms with Gasteiger partial charge in [0, 0.05) is 25.7 Å². The van der Waals surface area contributed by atoms with Crippen LogP contribution in [0.2, 0.25) is 0 Å². The number of ether oxygens (including phenoxy) is 1. The maximum Gasteiger partial charge on any atom is 0.119 e. The first-order valence-corrected chi connectivity index (χ1v) is 7.11. The molecule has 0 unspecified atom stereocenters. The lowest BCUT2D eigenvalue weighted by Crippen LogP contribution is -2.35. The number of hydrogen-bond acceptors (Lipinski definition) is 4. The third kappa shape index (κ3) is 6.05. The summed E-state index contributed by atoms with van der Waals surface area (Å²) in [5.74, 6) is 0.831. The Labute approximate surface area is 121 Å². The van der Waals surface area contributed by atoms with Crippen molar-refractivity contribution in [2.75, 3.05) is 26.3 Å². The number of nitriles is 1. The molecule has 4 nitrogen and oxygen atoms in total. The lowest BCUT2D eigenvalue weighted by Gasteiger charge is -2.26. The van der Waals surface area contributed by atoms with Crippen molar-refractivity contribution in [2.24, 2.45) is 0 Å². The van der Waals surface area contributed by atoms with Gasteiger partial charge in [-0.25, -0.2) is 0 Å². The summed E-state index contributed by atoms with van der Waals surface area (Å²) in [4.78, 5) is 2.29. The minimum atomic E-state index is 0.227. The second kappa shape index (κ2) is 9.35. The highest BCUT2D eigenvalue weighted by Gasteiger charge is 2.08. The molecule has 1 rings (SSSR count). The van der Waals surface area contributed by atoms with Gasteiger partial charge in [0.15, 0.2) is 0 Å². The Morgan fingerprint density at radius 1 is 1.25 bits per heavy atom. The van der Waals surface area contributed by atoms with Crippen molar-refractivity contribution in [3.8, 4) is 11.8 Å². The molecule has 0 aliphatic heterocycles. The van der Waals surface area contributed by atoms with Gasteiger partial charge in [0.25, 0.3) is 0 Å². The number of aliphatic hydroxyl groups excluding tert-OH is 1. The Morgan fingerprint density at radius 2 is 1.95 bits per heavy atom. The Morgan fingerprint density at radius 3 is 2.50 bits per heavy atom. The van der Waals surface area contributed by atoms with E-state index < -0.39 is 0 Å². The van der Waals surface area contributed by atoms with Crippen LogP contribution in [0.4, 0.5) is 0 Å². The molecule has 0 aromatic heterocycles. The maximum absolute atomic E-state index is 8.89. The summed E-state index contributed by atoms with van der Waals surface area (Å²) >= 11 is 0. The molecular weight excluding hydrogens is 252 g/mol. The highest BCUT2D eigenvalue weighted by molar-refractivity contribution is 5.28. The lowest BCUT2D eigenvalue weighted by atomic mass is 10.2. The third-order valence-corrected chi connectivity index (χ3v) is 3.19. The van der Waals surface area contributed by atoms with Crippen molar-refractivity contribution in [2.45, 2.75) is 32.7 Å². The fourth-order valence-corrected chi connectivity index (χ4v) is 1.98. The molecule has 0 aliphatic rings. The lowest BCUT2D eigenvalue weighted by molar-refractivity contribution is 0.160. The van der Waals surface area contributed by atoms with Crippen molar-refractivity contribution >= 4 is 0 Å². The van der Waals surface area contributed by atoms with Crippen LogP contribution in [-0.2, 0) is 6.42 Å². The van der Waals surface area contributed by atoms with Crippen LogP contribution >= 0.6 is 0 Å². The average molecular weight is 276 g/mol. The maximum atomic E-state index is 8.89. The molecule has 0 fully saturated rings. The van der Waals surface area contributed by atoms with E-state index in [0.717, 1.165) is 30.8 Å². The van der Waals surface area contributed by atoms with Crippen LogP contribution in [0.5, 0.6) is 5.75 Å². The van der Waals surface area contributed by atoms with Gasteiger partial charge in [-0.1, -0.05) is 12.1 Å². The molecule has 0 spiro atoms. The van der Waals surface area contributed by atoms with Crippen molar-refractivity contribution < 1.29 is 9.84 Å². The molecule has 1 N–H and O–H groups in total. The molecule has 0 heterocycles. The van der Waals surface area contributed by atoms with Gasteiger partial charge >= 0.3 is 0 Å². The van der Waals surface area contributed by atoms with Gasteiger partial charge < -0.3 is 9.84 Å². The van der Waals surface area contributed by atoms with E-state index in [9.17, 15) is 0 Å². The second-order valence-electron chi connectivity index (χ2n) is 5.03. The zero-order valence-corrected chi connectivity index (χ0v) is 12.4. The number of rotatable bonds is 9. The van der Waals surface area contributed by atoms with Gasteiger partial charge in [0.2, 0.25) is 0 Å². The SMILES string of the molecule is CC(C)N(CCCO)CCOc1ccc(CC#N)cc1. The molecule has 0 saturated carbocycles. The molecule has 0 amide bonds. The van der Waals surface area contributed by atoms with E-state index in [-0.39, 0.29) is 6.61 Å². The molecule has 20 heavy (non-hydrogen) atoms. The molecule has 110 valence electrons. The van der Waals surface area contributed by atoms with E-state index in [1.54, 1.807) is 0 Å². The van der Waals surface area contributed by atoms with E-state index in [1.807, 2.05) is 24.3 Å². The second-order valence-corrected chi connectivity index (χ2v) is 5.03. The highest BCUT2D eigenvalue weighted by Crippen LogP contribution is 2.12. The molecule has 0 bridgehead atoms. The van der Waals surface area contributed by atoms with Crippen LogP contribution in [0.15, 0.2) is 24.3 Å². The Balaban J connectivity index is 2.36. The summed E-state index contributed by atoms with van der Waals surface area (Å²) < 4.78 is 5.71. The van der Waals surface area contributed by atoms with Gasteiger partial charge in [-0.05, 0) is 38.0 Å². The van der Waals surface area contributed by atoms with Crippen molar-refractivity contribution in [1.82, 2.24) is 4.90 Å². The third-order valence-electron chi connectivity index (χ3n) is 3.19. The van der Waals surface area contributed by atoms with E-state index in [1.165, 1.54) is 0 Å². The summed E-state index contributed by atoms with van der Waals surface area (Å²) in [7, 11) is 0. The van der Waals surface area contributed by atoms with Crippen molar-refractivity contribution in [1.29, 1.82) is 5.26 Å². The molecule has 0 radical (unpaired) electrons. The van der Waals surface area contributed by atoms with Crippen LogP contribution in [0.3, 0.4) is 0 Å². The van der Waals surface area contributed by atoms with Gasteiger partial charge in [0.1, 0.15) is 12.4 Å². The smallest absolute Gasteiger partial charge is 0.119 e. The highest BCUT2D eigenvalue weighted by atomic mass is 16.5. The molecular formula is C16H24N2O2. The van der Waals surface area contributed by atoms with Gasteiger partial charge in [-0.2, -0.15) is 5.26 Å². The summed E-state index contributed by atoms with van der Waals surface area (Å²) in [5, 5.41) is 17.5. The first-order chi connectivity index (χ1) is 9.67. The molecule has 1 aromatic rings. The zero-order valence-electron chi connectivity index (χ0n) is 12.4. The zero-order chi connectivity index (χ0) is 14.8. The Kier molecular flexibility index (Phi) is 7.71. The minimum absolute atomic E-state index is 0.227. The summed E-state index contributed by atoms with van der Waals surface area (Å²) in [5.41, 5.74) is 1.01. The normalized spacial score (nSPS) is 10.8. The number of aliphatic hydroxyl groups is 1. The van der Waals surface area contributed by atoms with Crippen LogP contribution in [-0.4, -0.2) is 42.4 Å². The number of nitrogens with zero attached hydrogens (tertiary/aromatic N) is 2. The minimum Gasteiger partial charge on any atom is -0.492 e. The van der Waals surface area contributed by atoms with Gasteiger partial charge in [-0.15, -0.1) is 0 Å². The number of benzene rings is 1. The van der Waals surface area contributed by atoms with Crippen molar-refractivity contribution in [3.63, 3.8) is 0 Å². The fourth-order valence-electron chi connectivity index (χ4n) is 1.98. The van der Waals surface area contributed by atoms with Gasteiger partial charge in [0.05, 0.1) is 12.5 Å². The quantitative estimate of drug-likeness (QED) is 0.751. The predicted molar refractivity (Wildman–Crippen MR) is 79.7 cm³/mol. The standard InChI is InChI=1S/C16H24N2O2/c1-14(2)18(10-3-12-19)11-13-20-16-6-4-15(5-7-16)8-9-17/h4-7,14,19H,3,8,10-13H2,1-2H3. The van der Waals surface area contributed by atoms with Gasteiger partial charge in [-0.3, -0.25) is 4.90 Å². The fraction of sp³-hybridized carbons (Fsp3) is 0.562. The Hall–Kier alpha value is -1.57. The van der Waals surface area contributed by atoms with E-state index in [2.05, 4.69) is 24.8 Å². The van der Waals surface area contributed by atoms with E-state index in [4.69, 9.17) is 15.1 Å². The number of hydrogen-bond donors (Lipinski definition) is 1. The topological polar surface area (TPSA) is 56.5 Å². The molecule has 0 atom stereocenters. The first-order valence-electron chi connectivity index (χ1n) is 7.11. The molecule has 1 aromatic carbocycles. The predicted octanol–water partition coefficient (Wildman–Crippen LogP) is 2.22. The Bertz CT molecular complexity index is 409. The van der Waals surface area contributed by atoms with Crippen molar-refractivity contribution in [3.05, 3.63) is 29.8 Å². The molecule has 0 saturated heterocycles. The first kappa shape index (κ1) is 16.5. The molecule has 4 heteroatoms. The molecule has 0 aliphatic carbocycles. The average Bonchev–Trinajstić information content (AvgIpc) is 2.44. The summed E-state index contributed by atoms with van der Waals surface area (Å²) in [6.07, 6.45) is 1.23.